The van der Waals surface area contributed by atoms with Crippen LogP contribution in [0.15, 0.2) is 60.7 Å². The Hall–Kier alpha value is -2.09. The minimum atomic E-state index is -0.265. The van der Waals surface area contributed by atoms with Gasteiger partial charge in [0, 0.05) is 6.42 Å². The molecule has 0 amide bonds. The molecule has 0 aliphatic rings. The fourth-order valence-corrected chi connectivity index (χ4v) is 1.81. The molecule has 92 valence electrons. The standard InChI is InChI=1S/C16H16O2/c1-13(12-14-8-4-2-5-9-14)18-16(17)15-10-6-3-7-11-15/h2-11,13H,12H2,1H3. The molecule has 0 spiro atoms. The molecule has 1 atom stereocenters. The summed E-state index contributed by atoms with van der Waals surface area (Å²) >= 11 is 0. The summed E-state index contributed by atoms with van der Waals surface area (Å²) in [5.41, 5.74) is 1.77. The second-order valence-electron chi connectivity index (χ2n) is 4.27. The van der Waals surface area contributed by atoms with Gasteiger partial charge >= 0.3 is 5.97 Å². The summed E-state index contributed by atoms with van der Waals surface area (Å²) in [6, 6.07) is 19.1. The Morgan fingerprint density at radius 2 is 1.56 bits per heavy atom. The van der Waals surface area contributed by atoms with E-state index in [2.05, 4.69) is 0 Å². The van der Waals surface area contributed by atoms with Gasteiger partial charge in [0.2, 0.25) is 0 Å². The van der Waals surface area contributed by atoms with Crippen LogP contribution < -0.4 is 0 Å². The maximum Gasteiger partial charge on any atom is 0.338 e. The zero-order chi connectivity index (χ0) is 12.8. The van der Waals surface area contributed by atoms with Crippen LogP contribution in [0.2, 0.25) is 0 Å². The molecule has 0 saturated carbocycles. The molecule has 1 unspecified atom stereocenters. The van der Waals surface area contributed by atoms with E-state index in [1.165, 1.54) is 5.56 Å². The average molecular weight is 240 g/mol. The molecule has 0 fully saturated rings. The summed E-state index contributed by atoms with van der Waals surface area (Å²) in [5.74, 6) is -0.265. The average Bonchev–Trinajstić information content (AvgIpc) is 2.40. The van der Waals surface area contributed by atoms with Crippen molar-refractivity contribution >= 4 is 5.97 Å². The summed E-state index contributed by atoms with van der Waals surface area (Å²) < 4.78 is 5.40. The SMILES string of the molecule is CC(Cc1ccccc1)OC(=O)c1ccccc1. The Balaban J connectivity index is 1.92. The van der Waals surface area contributed by atoms with E-state index in [1.807, 2.05) is 55.5 Å². The Morgan fingerprint density at radius 3 is 2.17 bits per heavy atom. The highest BCUT2D eigenvalue weighted by Crippen LogP contribution is 2.08. The minimum Gasteiger partial charge on any atom is -0.459 e. The van der Waals surface area contributed by atoms with Crippen molar-refractivity contribution in [1.29, 1.82) is 0 Å². The highest BCUT2D eigenvalue weighted by Gasteiger charge is 2.11. The fraction of sp³-hybridized carbons (Fsp3) is 0.188. The second kappa shape index (κ2) is 6.01. The predicted molar refractivity (Wildman–Crippen MR) is 71.5 cm³/mol. The molecule has 2 rings (SSSR count). The largest absolute Gasteiger partial charge is 0.459 e. The van der Waals surface area contributed by atoms with E-state index < -0.39 is 0 Å². The zero-order valence-corrected chi connectivity index (χ0v) is 10.4. The molecular weight excluding hydrogens is 224 g/mol. The van der Waals surface area contributed by atoms with Gasteiger partial charge in [-0.3, -0.25) is 0 Å². The first-order chi connectivity index (χ1) is 8.75. The lowest BCUT2D eigenvalue weighted by Crippen LogP contribution is -2.17. The quantitative estimate of drug-likeness (QED) is 0.765. The summed E-state index contributed by atoms with van der Waals surface area (Å²) in [6.45, 7) is 1.91. The predicted octanol–water partition coefficient (Wildman–Crippen LogP) is 3.47. The summed E-state index contributed by atoms with van der Waals surface area (Å²) in [5, 5.41) is 0. The molecule has 0 radical (unpaired) electrons. The zero-order valence-electron chi connectivity index (χ0n) is 10.4. The monoisotopic (exact) mass is 240 g/mol. The third-order valence-corrected chi connectivity index (χ3v) is 2.68. The molecule has 0 saturated heterocycles. The second-order valence-corrected chi connectivity index (χ2v) is 4.27. The van der Waals surface area contributed by atoms with Crippen LogP contribution in [0, 0.1) is 0 Å². The van der Waals surface area contributed by atoms with E-state index in [-0.39, 0.29) is 12.1 Å². The van der Waals surface area contributed by atoms with Crippen molar-refractivity contribution in [3.8, 4) is 0 Å². The fourth-order valence-electron chi connectivity index (χ4n) is 1.81. The van der Waals surface area contributed by atoms with Crippen molar-refractivity contribution in [2.75, 3.05) is 0 Å². The third-order valence-electron chi connectivity index (χ3n) is 2.68. The number of carbonyl (C=O) groups excluding carboxylic acids is 1. The van der Waals surface area contributed by atoms with Gasteiger partial charge in [0.1, 0.15) is 6.10 Å². The van der Waals surface area contributed by atoms with Crippen molar-refractivity contribution < 1.29 is 9.53 Å². The number of esters is 1. The Kier molecular flexibility index (Phi) is 4.13. The van der Waals surface area contributed by atoms with Crippen molar-refractivity contribution in [2.24, 2.45) is 0 Å². The van der Waals surface area contributed by atoms with Crippen LogP contribution in [0.3, 0.4) is 0 Å². The highest BCUT2D eigenvalue weighted by atomic mass is 16.5. The van der Waals surface area contributed by atoms with E-state index in [0.29, 0.717) is 5.56 Å². The first-order valence-corrected chi connectivity index (χ1v) is 6.05. The Bertz CT molecular complexity index is 491. The molecule has 0 aliphatic heterocycles. The maximum atomic E-state index is 11.8. The summed E-state index contributed by atoms with van der Waals surface area (Å²) in [6.07, 6.45) is 0.611. The molecule has 18 heavy (non-hydrogen) atoms. The number of rotatable bonds is 4. The molecule has 2 aromatic carbocycles. The van der Waals surface area contributed by atoms with Gasteiger partial charge in [-0.2, -0.15) is 0 Å². The van der Waals surface area contributed by atoms with E-state index in [4.69, 9.17) is 4.74 Å². The van der Waals surface area contributed by atoms with E-state index in [9.17, 15) is 4.79 Å². The normalized spacial score (nSPS) is 11.8. The van der Waals surface area contributed by atoms with Gasteiger partial charge in [0.15, 0.2) is 0 Å². The van der Waals surface area contributed by atoms with Gasteiger partial charge in [0.25, 0.3) is 0 Å². The van der Waals surface area contributed by atoms with Crippen LogP contribution in [0.5, 0.6) is 0 Å². The molecule has 0 bridgehead atoms. The van der Waals surface area contributed by atoms with Crippen molar-refractivity contribution in [2.45, 2.75) is 19.4 Å². The van der Waals surface area contributed by atoms with Crippen LogP contribution in [0.4, 0.5) is 0 Å². The number of carbonyl (C=O) groups is 1. The summed E-state index contributed by atoms with van der Waals surface area (Å²) in [7, 11) is 0. The van der Waals surface area contributed by atoms with E-state index >= 15 is 0 Å². The molecule has 2 nitrogen and oxygen atoms in total. The van der Waals surface area contributed by atoms with Crippen LogP contribution in [0.25, 0.3) is 0 Å². The Morgan fingerprint density at radius 1 is 1.00 bits per heavy atom. The first kappa shape index (κ1) is 12.4. The van der Waals surface area contributed by atoms with Gasteiger partial charge in [0.05, 0.1) is 5.56 Å². The Labute approximate surface area is 107 Å². The maximum absolute atomic E-state index is 11.8. The van der Waals surface area contributed by atoms with Gasteiger partial charge in [-0.15, -0.1) is 0 Å². The van der Waals surface area contributed by atoms with Crippen LogP contribution in [-0.2, 0) is 11.2 Å². The lowest BCUT2D eigenvalue weighted by atomic mass is 10.1. The van der Waals surface area contributed by atoms with Crippen molar-refractivity contribution in [1.82, 2.24) is 0 Å². The lowest BCUT2D eigenvalue weighted by molar-refractivity contribution is 0.0343. The topological polar surface area (TPSA) is 26.3 Å². The number of hydrogen-bond donors (Lipinski definition) is 0. The molecule has 0 heterocycles. The first-order valence-electron chi connectivity index (χ1n) is 6.05. The van der Waals surface area contributed by atoms with Gasteiger partial charge in [-0.25, -0.2) is 4.79 Å². The van der Waals surface area contributed by atoms with Crippen molar-refractivity contribution in [3.63, 3.8) is 0 Å². The van der Waals surface area contributed by atoms with E-state index in [0.717, 1.165) is 6.42 Å². The molecular formula is C16H16O2. The lowest BCUT2D eigenvalue weighted by Gasteiger charge is -2.13. The minimum absolute atomic E-state index is 0.125. The molecule has 0 N–H and O–H groups in total. The number of hydrogen-bond acceptors (Lipinski definition) is 2. The molecule has 0 aromatic heterocycles. The molecule has 2 aromatic rings. The van der Waals surface area contributed by atoms with Crippen LogP contribution in [0.1, 0.15) is 22.8 Å². The third kappa shape index (κ3) is 3.45. The van der Waals surface area contributed by atoms with Gasteiger partial charge < -0.3 is 4.74 Å². The van der Waals surface area contributed by atoms with Gasteiger partial charge in [-0.1, -0.05) is 48.5 Å². The van der Waals surface area contributed by atoms with Gasteiger partial charge in [-0.05, 0) is 24.6 Å². The van der Waals surface area contributed by atoms with Crippen molar-refractivity contribution in [3.05, 3.63) is 71.8 Å². The number of benzene rings is 2. The summed E-state index contributed by atoms with van der Waals surface area (Å²) in [4.78, 5) is 11.8. The smallest absolute Gasteiger partial charge is 0.338 e. The molecule has 2 heteroatoms. The number of ether oxygens (including phenoxy) is 1. The molecule has 0 aliphatic carbocycles. The van der Waals surface area contributed by atoms with Crippen LogP contribution in [-0.4, -0.2) is 12.1 Å². The van der Waals surface area contributed by atoms with E-state index in [1.54, 1.807) is 12.1 Å². The highest BCUT2D eigenvalue weighted by molar-refractivity contribution is 5.89. The van der Waals surface area contributed by atoms with Crippen LogP contribution >= 0.6 is 0 Å².